The summed E-state index contributed by atoms with van der Waals surface area (Å²) < 4.78 is 0. The Kier molecular flexibility index (Phi) is 15.8. The molecule has 0 aromatic rings. The molecule has 2 N–H and O–H groups in total. The standard InChI is InChI=1S/C6H11N.C3H7ClO/c1-3-5-7-6-4-2;1-3(5)2-4/h3-4,7H,1-2,5-6H2;3,5H,2H2,1H3. The molecular formula is C9H18ClNO. The highest BCUT2D eigenvalue weighted by Gasteiger charge is 1.84. The van der Waals surface area contributed by atoms with Crippen LogP contribution in [0.4, 0.5) is 0 Å². The molecule has 0 aliphatic carbocycles. The minimum absolute atomic E-state index is 0.333. The summed E-state index contributed by atoms with van der Waals surface area (Å²) in [5.41, 5.74) is 0. The lowest BCUT2D eigenvalue weighted by Crippen LogP contribution is -2.11. The normalized spacial score (nSPS) is 10.9. The second-order valence-corrected chi connectivity index (χ2v) is 2.55. The predicted molar refractivity (Wildman–Crippen MR) is 55.7 cm³/mol. The van der Waals surface area contributed by atoms with Gasteiger partial charge in [0.2, 0.25) is 0 Å². The van der Waals surface area contributed by atoms with Gasteiger partial charge in [0.25, 0.3) is 0 Å². The lowest BCUT2D eigenvalue weighted by molar-refractivity contribution is 0.219. The van der Waals surface area contributed by atoms with Gasteiger partial charge in [-0.1, -0.05) is 12.2 Å². The zero-order valence-corrected chi connectivity index (χ0v) is 8.35. The molecule has 2 nitrogen and oxygen atoms in total. The van der Waals surface area contributed by atoms with Crippen molar-refractivity contribution in [1.82, 2.24) is 5.32 Å². The van der Waals surface area contributed by atoms with Gasteiger partial charge in [-0.15, -0.1) is 24.8 Å². The quantitative estimate of drug-likeness (QED) is 0.393. The third kappa shape index (κ3) is 22.6. The van der Waals surface area contributed by atoms with E-state index in [1.807, 2.05) is 12.2 Å². The Morgan fingerprint density at radius 1 is 1.42 bits per heavy atom. The summed E-state index contributed by atoms with van der Waals surface area (Å²) in [4.78, 5) is 0. The summed E-state index contributed by atoms with van der Waals surface area (Å²) >= 11 is 5.09. The number of aliphatic hydroxyl groups is 1. The Labute approximate surface area is 79.9 Å². The molecule has 12 heavy (non-hydrogen) atoms. The van der Waals surface area contributed by atoms with Gasteiger partial charge in [0.1, 0.15) is 0 Å². The highest BCUT2D eigenvalue weighted by Crippen LogP contribution is 1.80. The number of alkyl halides is 1. The van der Waals surface area contributed by atoms with E-state index in [0.717, 1.165) is 13.1 Å². The van der Waals surface area contributed by atoms with Gasteiger partial charge in [-0.05, 0) is 6.92 Å². The van der Waals surface area contributed by atoms with Crippen molar-refractivity contribution in [2.24, 2.45) is 0 Å². The van der Waals surface area contributed by atoms with Gasteiger partial charge in [0.15, 0.2) is 0 Å². The summed E-state index contributed by atoms with van der Waals surface area (Å²) in [5.74, 6) is 0.333. The van der Waals surface area contributed by atoms with E-state index < -0.39 is 0 Å². The summed E-state index contributed by atoms with van der Waals surface area (Å²) in [5, 5.41) is 11.3. The maximum atomic E-state index is 8.23. The van der Waals surface area contributed by atoms with Gasteiger partial charge >= 0.3 is 0 Å². The Morgan fingerprint density at radius 2 is 1.75 bits per heavy atom. The van der Waals surface area contributed by atoms with Gasteiger partial charge in [0, 0.05) is 19.0 Å². The minimum Gasteiger partial charge on any atom is -0.392 e. The van der Waals surface area contributed by atoms with E-state index in [0.29, 0.717) is 5.88 Å². The highest BCUT2D eigenvalue weighted by atomic mass is 35.5. The van der Waals surface area contributed by atoms with E-state index in [1.54, 1.807) is 6.92 Å². The molecule has 0 saturated carbocycles. The number of hydrogen-bond donors (Lipinski definition) is 2. The Hall–Kier alpha value is -0.310. The van der Waals surface area contributed by atoms with Crippen LogP contribution < -0.4 is 5.32 Å². The topological polar surface area (TPSA) is 32.3 Å². The molecule has 0 saturated heterocycles. The Bertz CT molecular complexity index is 96.7. The van der Waals surface area contributed by atoms with Crippen LogP contribution in [0.15, 0.2) is 25.3 Å². The largest absolute Gasteiger partial charge is 0.392 e. The van der Waals surface area contributed by atoms with Crippen molar-refractivity contribution in [3.63, 3.8) is 0 Å². The third-order valence-corrected chi connectivity index (χ3v) is 1.25. The lowest BCUT2D eigenvalue weighted by atomic mass is 10.5. The Morgan fingerprint density at radius 3 is 1.92 bits per heavy atom. The molecular weight excluding hydrogens is 174 g/mol. The maximum absolute atomic E-state index is 8.23. The second-order valence-electron chi connectivity index (χ2n) is 2.24. The predicted octanol–water partition coefficient (Wildman–Crippen LogP) is 1.55. The zero-order valence-electron chi connectivity index (χ0n) is 7.59. The average molecular weight is 192 g/mol. The Balaban J connectivity index is 0. The van der Waals surface area contributed by atoms with E-state index >= 15 is 0 Å². The number of halogens is 1. The first kappa shape index (κ1) is 14.2. The molecule has 0 radical (unpaired) electrons. The number of hydrogen-bond acceptors (Lipinski definition) is 2. The summed E-state index contributed by atoms with van der Waals surface area (Å²) in [6.45, 7) is 10.5. The van der Waals surface area contributed by atoms with Crippen molar-refractivity contribution < 1.29 is 5.11 Å². The fourth-order valence-electron chi connectivity index (χ4n) is 0.287. The van der Waals surface area contributed by atoms with Crippen LogP contribution in [0.1, 0.15) is 6.92 Å². The van der Waals surface area contributed by atoms with E-state index in [-0.39, 0.29) is 6.10 Å². The number of rotatable bonds is 5. The van der Waals surface area contributed by atoms with Gasteiger partial charge in [-0.2, -0.15) is 0 Å². The molecule has 0 fully saturated rings. The molecule has 0 amide bonds. The van der Waals surface area contributed by atoms with Crippen molar-refractivity contribution in [3.8, 4) is 0 Å². The van der Waals surface area contributed by atoms with Gasteiger partial charge in [-0.3, -0.25) is 0 Å². The molecule has 72 valence electrons. The van der Waals surface area contributed by atoms with Crippen molar-refractivity contribution in [1.29, 1.82) is 0 Å². The summed E-state index contributed by atoms with van der Waals surface area (Å²) in [6.07, 6.45) is 3.30. The molecule has 3 heteroatoms. The van der Waals surface area contributed by atoms with Crippen LogP contribution in [-0.2, 0) is 0 Å². The first-order valence-corrected chi connectivity index (χ1v) is 4.39. The van der Waals surface area contributed by atoms with Gasteiger partial charge in [0.05, 0.1) is 6.10 Å². The minimum atomic E-state index is -0.350. The summed E-state index contributed by atoms with van der Waals surface area (Å²) in [7, 11) is 0. The van der Waals surface area contributed by atoms with Crippen LogP contribution in [-0.4, -0.2) is 30.2 Å². The molecule has 1 unspecified atom stereocenters. The molecule has 1 atom stereocenters. The van der Waals surface area contributed by atoms with Crippen molar-refractivity contribution in [2.45, 2.75) is 13.0 Å². The molecule has 0 bridgehead atoms. The van der Waals surface area contributed by atoms with E-state index in [2.05, 4.69) is 18.5 Å². The van der Waals surface area contributed by atoms with Crippen LogP contribution >= 0.6 is 11.6 Å². The number of aliphatic hydroxyl groups excluding tert-OH is 1. The fraction of sp³-hybridized carbons (Fsp3) is 0.556. The molecule has 0 spiro atoms. The SMILES string of the molecule is C=CCNCC=C.CC(O)CCl. The van der Waals surface area contributed by atoms with Gasteiger partial charge < -0.3 is 10.4 Å². The molecule has 0 aliphatic rings. The zero-order chi connectivity index (χ0) is 9.82. The molecule has 0 heterocycles. The smallest absolute Gasteiger partial charge is 0.0647 e. The first-order valence-electron chi connectivity index (χ1n) is 3.85. The van der Waals surface area contributed by atoms with E-state index in [4.69, 9.17) is 16.7 Å². The van der Waals surface area contributed by atoms with E-state index in [9.17, 15) is 0 Å². The molecule has 0 aliphatic heterocycles. The number of nitrogens with one attached hydrogen (secondary N) is 1. The molecule has 0 rings (SSSR count). The molecule has 0 aromatic carbocycles. The van der Waals surface area contributed by atoms with Crippen molar-refractivity contribution >= 4 is 11.6 Å². The maximum Gasteiger partial charge on any atom is 0.0647 e. The van der Waals surface area contributed by atoms with Crippen LogP contribution in [0.2, 0.25) is 0 Å². The van der Waals surface area contributed by atoms with Crippen molar-refractivity contribution in [2.75, 3.05) is 19.0 Å². The van der Waals surface area contributed by atoms with Crippen LogP contribution in [0.25, 0.3) is 0 Å². The second kappa shape index (κ2) is 13.3. The van der Waals surface area contributed by atoms with Crippen LogP contribution in [0, 0.1) is 0 Å². The average Bonchev–Trinajstić information content (AvgIpc) is 2.07. The van der Waals surface area contributed by atoms with Crippen LogP contribution in [0.5, 0.6) is 0 Å². The van der Waals surface area contributed by atoms with E-state index in [1.165, 1.54) is 0 Å². The third-order valence-electron chi connectivity index (χ3n) is 0.801. The first-order chi connectivity index (χ1) is 5.68. The lowest BCUT2D eigenvalue weighted by Gasteiger charge is -1.90. The monoisotopic (exact) mass is 191 g/mol. The van der Waals surface area contributed by atoms with Crippen molar-refractivity contribution in [3.05, 3.63) is 25.3 Å². The highest BCUT2D eigenvalue weighted by molar-refractivity contribution is 6.18. The van der Waals surface area contributed by atoms with Crippen LogP contribution in [0.3, 0.4) is 0 Å². The summed E-state index contributed by atoms with van der Waals surface area (Å²) in [6, 6.07) is 0. The fourth-order valence-corrected chi connectivity index (χ4v) is 0.287. The van der Waals surface area contributed by atoms with Gasteiger partial charge in [-0.25, -0.2) is 0 Å². The molecule has 0 aromatic heterocycles.